The van der Waals surface area contributed by atoms with E-state index in [1.807, 2.05) is 109 Å². The van der Waals surface area contributed by atoms with Gasteiger partial charge in [0, 0.05) is 11.4 Å². The number of amides is 2. The van der Waals surface area contributed by atoms with Crippen LogP contribution >= 0.6 is 0 Å². The van der Waals surface area contributed by atoms with Crippen molar-refractivity contribution in [2.24, 2.45) is 0 Å². The molecule has 0 bridgehead atoms. The summed E-state index contributed by atoms with van der Waals surface area (Å²) in [5.74, 6) is 0.949. The molecule has 0 aromatic heterocycles. The van der Waals surface area contributed by atoms with Gasteiger partial charge in [0.2, 0.25) is 0 Å². The highest BCUT2D eigenvalue weighted by atomic mass is 16.5. The van der Waals surface area contributed by atoms with Crippen molar-refractivity contribution in [1.29, 1.82) is 0 Å². The van der Waals surface area contributed by atoms with E-state index in [-0.39, 0.29) is 11.8 Å². The van der Waals surface area contributed by atoms with Crippen LogP contribution in [0, 0.1) is 0 Å². The Kier molecular flexibility index (Phi) is 5.77. The largest absolute Gasteiger partial charge is 0.497 e. The number of rotatable bonds is 6. The zero-order valence-electron chi connectivity index (χ0n) is 20.9. The van der Waals surface area contributed by atoms with Crippen molar-refractivity contribution in [3.05, 3.63) is 132 Å². The summed E-state index contributed by atoms with van der Waals surface area (Å²) >= 11 is 0. The fraction of sp³-hybridized carbons (Fsp3) is 0.0625. The molecule has 6 heteroatoms. The number of anilines is 2. The molecular weight excluding hydrogens is 476 g/mol. The summed E-state index contributed by atoms with van der Waals surface area (Å²) < 4.78 is 10.7. The molecule has 0 saturated carbocycles. The zero-order valence-corrected chi connectivity index (χ0v) is 20.9. The molecule has 38 heavy (non-hydrogen) atoms. The summed E-state index contributed by atoms with van der Waals surface area (Å²) in [6.07, 6.45) is 0. The number of carbonyl (C=O) groups excluding carboxylic acids is 2. The lowest BCUT2D eigenvalue weighted by Crippen LogP contribution is -2.27. The number of hydrogen-bond acceptors (Lipinski definition) is 4. The molecule has 0 N–H and O–H groups in total. The third kappa shape index (κ3) is 3.66. The molecule has 0 fully saturated rings. The van der Waals surface area contributed by atoms with E-state index >= 15 is 0 Å². The van der Waals surface area contributed by atoms with Gasteiger partial charge in [-0.25, -0.2) is 0 Å². The summed E-state index contributed by atoms with van der Waals surface area (Å²) in [6.45, 7) is 0. The standard InChI is InChI=1S/C32H24N2O4/c1-37-25-17-13-23(14-18-25)33-29-27(21-9-5-3-6-10-21)32(36)34(24-15-19-26(38-2)20-16-24)30(29)28(31(33)35)22-11-7-4-8-12-22/h3-20H,1-2H3. The van der Waals surface area contributed by atoms with Crippen molar-refractivity contribution in [1.82, 2.24) is 0 Å². The Bertz CT molecular complexity index is 1470. The predicted octanol–water partition coefficient (Wildman–Crippen LogP) is 5.92. The van der Waals surface area contributed by atoms with E-state index in [4.69, 9.17) is 9.47 Å². The molecule has 0 radical (unpaired) electrons. The van der Waals surface area contributed by atoms with Crippen molar-refractivity contribution in [3.63, 3.8) is 0 Å². The molecule has 0 unspecified atom stereocenters. The molecule has 6 nitrogen and oxygen atoms in total. The Morgan fingerprint density at radius 3 is 1.13 bits per heavy atom. The average molecular weight is 501 g/mol. The van der Waals surface area contributed by atoms with E-state index in [2.05, 4.69) is 0 Å². The smallest absolute Gasteiger partial charge is 0.265 e. The van der Waals surface area contributed by atoms with Crippen LogP contribution in [0.2, 0.25) is 0 Å². The third-order valence-corrected chi connectivity index (χ3v) is 6.77. The summed E-state index contributed by atoms with van der Waals surface area (Å²) in [6, 6.07) is 33.5. The molecule has 186 valence electrons. The number of carbonyl (C=O) groups is 2. The van der Waals surface area contributed by atoms with Gasteiger partial charge in [0.05, 0.1) is 36.8 Å². The van der Waals surface area contributed by atoms with Crippen LogP contribution in [0.3, 0.4) is 0 Å². The van der Waals surface area contributed by atoms with Crippen LogP contribution < -0.4 is 19.3 Å². The van der Waals surface area contributed by atoms with Crippen LogP contribution in [-0.4, -0.2) is 26.0 Å². The third-order valence-electron chi connectivity index (χ3n) is 6.77. The lowest BCUT2D eigenvalue weighted by Gasteiger charge is -2.20. The molecule has 0 atom stereocenters. The van der Waals surface area contributed by atoms with Crippen molar-refractivity contribution < 1.29 is 19.1 Å². The lowest BCUT2D eigenvalue weighted by atomic mass is 10.0. The maximum absolute atomic E-state index is 14.3. The summed E-state index contributed by atoms with van der Waals surface area (Å²) in [7, 11) is 3.20. The Morgan fingerprint density at radius 2 is 0.816 bits per heavy atom. The molecule has 0 spiro atoms. The average Bonchev–Trinajstić information content (AvgIpc) is 3.42. The predicted molar refractivity (Wildman–Crippen MR) is 148 cm³/mol. The first kappa shape index (κ1) is 23.3. The van der Waals surface area contributed by atoms with E-state index in [0.717, 1.165) is 11.1 Å². The number of fused-ring (bicyclic) bond motifs is 1. The van der Waals surface area contributed by atoms with Gasteiger partial charge in [0.15, 0.2) is 0 Å². The van der Waals surface area contributed by atoms with E-state index < -0.39 is 0 Å². The first-order valence-corrected chi connectivity index (χ1v) is 12.2. The fourth-order valence-electron chi connectivity index (χ4n) is 4.99. The SMILES string of the molecule is COc1ccc(N2C(=O)C(c3ccccc3)=C3C2=C(c2ccccc2)C(=O)N3c2ccc(OC)cc2)cc1. The molecule has 6 rings (SSSR count). The van der Waals surface area contributed by atoms with Gasteiger partial charge in [0.1, 0.15) is 11.5 Å². The molecular formula is C32H24N2O4. The van der Waals surface area contributed by atoms with Gasteiger partial charge in [-0.1, -0.05) is 60.7 Å². The molecule has 2 aliphatic heterocycles. The first-order valence-electron chi connectivity index (χ1n) is 12.2. The van der Waals surface area contributed by atoms with Crippen molar-refractivity contribution in [3.8, 4) is 11.5 Å². The second-order valence-electron chi connectivity index (χ2n) is 8.86. The number of nitrogens with zero attached hydrogens (tertiary/aromatic N) is 2. The molecule has 2 aliphatic rings. The maximum Gasteiger partial charge on any atom is 0.265 e. The fourth-order valence-corrected chi connectivity index (χ4v) is 4.99. The summed E-state index contributed by atoms with van der Waals surface area (Å²) in [5.41, 5.74) is 4.82. The van der Waals surface area contributed by atoms with E-state index in [1.54, 1.807) is 24.0 Å². The molecule has 4 aromatic rings. The number of hydrogen-bond donors (Lipinski definition) is 0. The van der Waals surface area contributed by atoms with Gasteiger partial charge in [-0.05, 0) is 59.7 Å². The van der Waals surface area contributed by atoms with Crippen LogP contribution in [0.15, 0.2) is 121 Å². The van der Waals surface area contributed by atoms with Gasteiger partial charge < -0.3 is 9.47 Å². The summed E-state index contributed by atoms with van der Waals surface area (Å²) in [5, 5.41) is 0. The van der Waals surface area contributed by atoms with E-state index in [1.165, 1.54) is 0 Å². The highest BCUT2D eigenvalue weighted by molar-refractivity contribution is 6.43. The minimum atomic E-state index is -0.203. The Labute approximate surface area is 220 Å². The van der Waals surface area contributed by atoms with Gasteiger partial charge in [0.25, 0.3) is 11.8 Å². The van der Waals surface area contributed by atoms with Crippen molar-refractivity contribution in [2.45, 2.75) is 0 Å². The second-order valence-corrected chi connectivity index (χ2v) is 8.86. The van der Waals surface area contributed by atoms with Gasteiger partial charge in [-0.15, -0.1) is 0 Å². The van der Waals surface area contributed by atoms with Crippen LogP contribution in [-0.2, 0) is 9.59 Å². The highest BCUT2D eigenvalue weighted by Crippen LogP contribution is 2.50. The molecule has 0 aliphatic carbocycles. The normalized spacial score (nSPS) is 14.9. The minimum absolute atomic E-state index is 0.203. The van der Waals surface area contributed by atoms with Crippen LogP contribution in [0.5, 0.6) is 11.5 Å². The number of methoxy groups -OCH3 is 2. The van der Waals surface area contributed by atoms with Crippen LogP contribution in [0.25, 0.3) is 11.1 Å². The number of benzene rings is 4. The minimum Gasteiger partial charge on any atom is -0.497 e. The van der Waals surface area contributed by atoms with Crippen LogP contribution in [0.4, 0.5) is 11.4 Å². The lowest BCUT2D eigenvalue weighted by molar-refractivity contribution is -0.112. The Hall–Kier alpha value is -5.10. The van der Waals surface area contributed by atoms with Gasteiger partial charge in [-0.2, -0.15) is 0 Å². The van der Waals surface area contributed by atoms with Gasteiger partial charge >= 0.3 is 0 Å². The zero-order chi connectivity index (χ0) is 26.2. The molecule has 2 amide bonds. The molecule has 0 saturated heterocycles. The van der Waals surface area contributed by atoms with Crippen molar-refractivity contribution >= 4 is 34.3 Å². The van der Waals surface area contributed by atoms with Crippen LogP contribution in [0.1, 0.15) is 11.1 Å². The number of ether oxygens (including phenoxy) is 2. The quantitative estimate of drug-likeness (QED) is 0.330. The Balaban J connectivity index is 1.65. The topological polar surface area (TPSA) is 59.1 Å². The van der Waals surface area contributed by atoms with Crippen molar-refractivity contribution in [2.75, 3.05) is 24.0 Å². The van der Waals surface area contributed by atoms with E-state index in [0.29, 0.717) is 45.4 Å². The monoisotopic (exact) mass is 500 g/mol. The first-order chi connectivity index (χ1) is 18.6. The summed E-state index contributed by atoms with van der Waals surface area (Å²) in [4.78, 5) is 31.8. The Morgan fingerprint density at radius 1 is 0.474 bits per heavy atom. The molecule has 4 aromatic carbocycles. The molecule has 2 heterocycles. The second kappa shape index (κ2) is 9.41. The van der Waals surface area contributed by atoms with Gasteiger partial charge in [-0.3, -0.25) is 19.4 Å². The van der Waals surface area contributed by atoms with E-state index in [9.17, 15) is 9.59 Å². The highest BCUT2D eigenvalue weighted by Gasteiger charge is 2.49. The maximum atomic E-state index is 14.3.